The van der Waals surface area contributed by atoms with Gasteiger partial charge in [0.15, 0.2) is 0 Å². The van der Waals surface area contributed by atoms with Crippen molar-refractivity contribution in [2.45, 2.75) is 24.3 Å². The fourth-order valence-corrected chi connectivity index (χ4v) is 1.19. The van der Waals surface area contributed by atoms with Crippen LogP contribution in [0.2, 0.25) is 0 Å². The number of aliphatic hydroxyl groups excluding tert-OH is 4. The monoisotopic (exact) mass is 163 g/mol. The molecule has 1 rings (SSSR count). The van der Waals surface area contributed by atoms with Gasteiger partial charge in [-0.15, -0.1) is 0 Å². The molecule has 11 heavy (non-hydrogen) atoms. The number of nitrogens with one attached hydrogen (secondary N) is 1. The minimum absolute atomic E-state index is 0.157. The first-order valence-corrected chi connectivity index (χ1v) is 3.54. The molecule has 5 heteroatoms. The van der Waals surface area contributed by atoms with E-state index in [0.29, 0.717) is 0 Å². The molecule has 1 aliphatic rings. The first-order chi connectivity index (χ1) is 5.20. The van der Waals surface area contributed by atoms with Crippen LogP contribution in [0.25, 0.3) is 0 Å². The van der Waals surface area contributed by atoms with Crippen LogP contribution in [0.3, 0.4) is 0 Å². The van der Waals surface area contributed by atoms with Crippen molar-refractivity contribution in [1.82, 2.24) is 5.32 Å². The summed E-state index contributed by atoms with van der Waals surface area (Å²) in [5.41, 5.74) is 0. The van der Waals surface area contributed by atoms with E-state index in [1.165, 1.54) is 0 Å². The van der Waals surface area contributed by atoms with Crippen molar-refractivity contribution in [2.75, 3.05) is 13.2 Å². The molecule has 0 aromatic rings. The van der Waals surface area contributed by atoms with Crippen LogP contribution < -0.4 is 5.32 Å². The Kier molecular flexibility index (Phi) is 2.80. The van der Waals surface area contributed by atoms with Crippen LogP contribution in [0.5, 0.6) is 0 Å². The van der Waals surface area contributed by atoms with Crippen LogP contribution in [-0.4, -0.2) is 57.9 Å². The summed E-state index contributed by atoms with van der Waals surface area (Å²) in [4.78, 5) is 0. The minimum atomic E-state index is -0.951. The van der Waals surface area contributed by atoms with Crippen molar-refractivity contribution < 1.29 is 20.4 Å². The highest BCUT2D eigenvalue weighted by atomic mass is 16.3. The Morgan fingerprint density at radius 1 is 1.36 bits per heavy atom. The number of hydrogen-bond acceptors (Lipinski definition) is 5. The zero-order chi connectivity index (χ0) is 8.43. The van der Waals surface area contributed by atoms with Gasteiger partial charge < -0.3 is 25.7 Å². The molecule has 0 amide bonds. The average molecular weight is 163 g/mol. The van der Waals surface area contributed by atoms with Gasteiger partial charge in [0, 0.05) is 0 Å². The maximum Gasteiger partial charge on any atom is 0.0949 e. The Balaban J connectivity index is 2.32. The second-order valence-electron chi connectivity index (χ2n) is 2.72. The fraction of sp³-hybridized carbons (Fsp3) is 1.00. The zero-order valence-corrected chi connectivity index (χ0v) is 6.01. The molecule has 5 nitrogen and oxygen atoms in total. The van der Waals surface area contributed by atoms with Crippen LogP contribution in [0, 0.1) is 0 Å². The van der Waals surface area contributed by atoms with Crippen molar-refractivity contribution >= 4 is 0 Å². The second-order valence-corrected chi connectivity index (χ2v) is 2.72. The van der Waals surface area contributed by atoms with Gasteiger partial charge in [0.1, 0.15) is 0 Å². The number of aliphatic hydroxyl groups is 4. The first kappa shape index (κ1) is 8.89. The smallest absolute Gasteiger partial charge is 0.0949 e. The van der Waals surface area contributed by atoms with Crippen molar-refractivity contribution in [3.63, 3.8) is 0 Å². The molecule has 0 aromatic carbocycles. The Morgan fingerprint density at radius 2 is 2.00 bits per heavy atom. The van der Waals surface area contributed by atoms with Crippen LogP contribution in [-0.2, 0) is 0 Å². The summed E-state index contributed by atoms with van der Waals surface area (Å²) in [5.74, 6) is 0. The number of rotatable bonds is 3. The van der Waals surface area contributed by atoms with Gasteiger partial charge in [-0.25, -0.2) is 0 Å². The van der Waals surface area contributed by atoms with E-state index in [1.54, 1.807) is 0 Å². The van der Waals surface area contributed by atoms with Crippen molar-refractivity contribution in [2.24, 2.45) is 0 Å². The molecular weight excluding hydrogens is 150 g/mol. The van der Waals surface area contributed by atoms with E-state index >= 15 is 0 Å². The van der Waals surface area contributed by atoms with Crippen LogP contribution >= 0.6 is 0 Å². The van der Waals surface area contributed by atoms with E-state index in [-0.39, 0.29) is 19.3 Å². The molecule has 1 saturated heterocycles. The Labute approximate surface area is 64.3 Å². The molecule has 0 radical (unpaired) electrons. The highest BCUT2D eigenvalue weighted by Gasteiger charge is 2.42. The summed E-state index contributed by atoms with van der Waals surface area (Å²) in [5, 5.41) is 37.9. The molecule has 1 fully saturated rings. The molecule has 0 saturated carbocycles. The molecular formula is C6H13NO4. The van der Waals surface area contributed by atoms with Crippen LogP contribution in [0.1, 0.15) is 0 Å². The quantitative estimate of drug-likeness (QED) is 0.306. The Morgan fingerprint density at radius 3 is 2.36 bits per heavy atom. The third-order valence-corrected chi connectivity index (χ3v) is 1.99. The summed E-state index contributed by atoms with van der Waals surface area (Å²) >= 11 is 0. The Hall–Kier alpha value is -0.200. The molecule has 0 aromatic heterocycles. The largest absolute Gasteiger partial charge is 0.395 e. The summed E-state index contributed by atoms with van der Waals surface area (Å²) in [6, 6.07) is -0.863. The highest BCUT2D eigenvalue weighted by Crippen LogP contribution is 2.15. The minimum Gasteiger partial charge on any atom is -0.395 e. The molecule has 1 heterocycles. The maximum absolute atomic E-state index is 9.18. The van der Waals surface area contributed by atoms with Gasteiger partial charge in [0.05, 0.1) is 37.5 Å². The molecule has 5 N–H and O–H groups in total. The summed E-state index contributed by atoms with van der Waals surface area (Å²) in [7, 11) is 0. The van der Waals surface area contributed by atoms with Gasteiger partial charge in [0.2, 0.25) is 0 Å². The molecule has 1 aliphatic heterocycles. The molecule has 0 aliphatic carbocycles. The lowest BCUT2D eigenvalue weighted by molar-refractivity contribution is -0.0778. The van der Waals surface area contributed by atoms with Crippen molar-refractivity contribution in [3.8, 4) is 0 Å². The Bertz CT molecular complexity index is 132. The van der Waals surface area contributed by atoms with Crippen molar-refractivity contribution in [1.29, 1.82) is 0 Å². The van der Waals surface area contributed by atoms with E-state index in [2.05, 4.69) is 5.32 Å². The van der Waals surface area contributed by atoms with E-state index in [4.69, 9.17) is 15.3 Å². The lowest BCUT2D eigenvalue weighted by Crippen LogP contribution is -2.71. The van der Waals surface area contributed by atoms with E-state index in [0.717, 1.165) is 0 Å². The third-order valence-electron chi connectivity index (χ3n) is 1.99. The van der Waals surface area contributed by atoms with Gasteiger partial charge >= 0.3 is 0 Å². The standard InChI is InChI=1S/C6H13NO4/c8-1-3-6(11)5(7-3)4(10)2-9/h3-11H,1-2H2/t3-,4+,5-,6+/m0/s1. The summed E-state index contributed by atoms with van der Waals surface area (Å²) in [6.07, 6.45) is -1.71. The topological polar surface area (TPSA) is 93.0 Å². The van der Waals surface area contributed by atoms with Gasteiger partial charge in [-0.05, 0) is 0 Å². The summed E-state index contributed by atoms with van der Waals surface area (Å²) in [6.45, 7) is -0.539. The lowest BCUT2D eigenvalue weighted by atomic mass is 9.89. The molecule has 0 bridgehead atoms. The SMILES string of the molecule is OC[C@@H](O)[C@@H]1N[C@@H](CO)[C@H]1O. The van der Waals surface area contributed by atoms with E-state index in [1.807, 2.05) is 0 Å². The third kappa shape index (κ3) is 1.52. The second kappa shape index (κ2) is 3.46. The maximum atomic E-state index is 9.18. The average Bonchev–Trinajstić information content (AvgIpc) is 2.02. The lowest BCUT2D eigenvalue weighted by Gasteiger charge is -2.43. The summed E-state index contributed by atoms with van der Waals surface area (Å²) < 4.78 is 0. The van der Waals surface area contributed by atoms with E-state index in [9.17, 15) is 5.11 Å². The van der Waals surface area contributed by atoms with Gasteiger partial charge in [-0.1, -0.05) is 0 Å². The molecule has 0 unspecified atom stereocenters. The van der Waals surface area contributed by atoms with Crippen LogP contribution in [0.15, 0.2) is 0 Å². The van der Waals surface area contributed by atoms with E-state index < -0.39 is 18.2 Å². The fourth-order valence-electron chi connectivity index (χ4n) is 1.19. The zero-order valence-electron chi connectivity index (χ0n) is 6.01. The predicted molar refractivity (Wildman–Crippen MR) is 36.9 cm³/mol. The van der Waals surface area contributed by atoms with Gasteiger partial charge in [0.25, 0.3) is 0 Å². The molecule has 66 valence electrons. The normalized spacial score (nSPS) is 39.8. The van der Waals surface area contributed by atoms with Crippen molar-refractivity contribution in [3.05, 3.63) is 0 Å². The van der Waals surface area contributed by atoms with Gasteiger partial charge in [-0.2, -0.15) is 0 Å². The van der Waals surface area contributed by atoms with Crippen LogP contribution in [0.4, 0.5) is 0 Å². The predicted octanol–water partition coefficient (Wildman–Crippen LogP) is -2.97. The molecule has 0 spiro atoms. The molecule has 4 atom stereocenters. The van der Waals surface area contributed by atoms with Gasteiger partial charge in [-0.3, -0.25) is 0 Å². The number of hydrogen-bond donors (Lipinski definition) is 5. The first-order valence-electron chi connectivity index (χ1n) is 3.54. The highest BCUT2D eigenvalue weighted by molar-refractivity contribution is 5.01.